The fourth-order valence-electron chi connectivity index (χ4n) is 3.45. The van der Waals surface area contributed by atoms with Crippen LogP contribution in [-0.2, 0) is 26.2 Å². The third-order valence-electron chi connectivity index (χ3n) is 5.32. The van der Waals surface area contributed by atoms with E-state index in [0.717, 1.165) is 12.7 Å². The zero-order valence-electron chi connectivity index (χ0n) is 19.9. The first-order valence-electron chi connectivity index (χ1n) is 11.2. The first-order chi connectivity index (χ1) is 16.4. The van der Waals surface area contributed by atoms with Crippen molar-refractivity contribution in [2.24, 2.45) is 0 Å². The summed E-state index contributed by atoms with van der Waals surface area (Å²) < 4.78 is 25.9. The van der Waals surface area contributed by atoms with Gasteiger partial charge in [0.05, 0.1) is 11.9 Å². The smallest absolute Gasteiger partial charge is 0.242 e. The highest BCUT2D eigenvalue weighted by molar-refractivity contribution is 7.92. The highest BCUT2D eigenvalue weighted by Crippen LogP contribution is 2.25. The highest BCUT2D eigenvalue weighted by Gasteiger charge is 2.27. The van der Waals surface area contributed by atoms with E-state index < -0.39 is 16.1 Å². The van der Waals surface area contributed by atoms with Crippen molar-refractivity contribution in [2.75, 3.05) is 23.7 Å². The molecule has 2 rings (SSSR count). The van der Waals surface area contributed by atoms with Crippen molar-refractivity contribution in [3.05, 3.63) is 63.1 Å². The van der Waals surface area contributed by atoms with E-state index in [2.05, 4.69) is 5.32 Å². The minimum absolute atomic E-state index is 0.0309. The summed E-state index contributed by atoms with van der Waals surface area (Å²) in [6, 6.07) is 10.7. The van der Waals surface area contributed by atoms with E-state index in [1.165, 1.54) is 9.21 Å². The first kappa shape index (κ1) is 29.2. The van der Waals surface area contributed by atoms with Crippen LogP contribution in [0.3, 0.4) is 0 Å². The molecule has 0 saturated carbocycles. The number of amides is 2. The van der Waals surface area contributed by atoms with Crippen molar-refractivity contribution in [3.8, 4) is 0 Å². The molecule has 1 N–H and O–H groups in total. The van der Waals surface area contributed by atoms with E-state index in [9.17, 15) is 18.0 Å². The van der Waals surface area contributed by atoms with Gasteiger partial charge in [0.15, 0.2) is 0 Å². The molecule has 7 nitrogen and oxygen atoms in total. The van der Waals surface area contributed by atoms with Crippen molar-refractivity contribution in [1.82, 2.24) is 10.2 Å². The van der Waals surface area contributed by atoms with Crippen LogP contribution >= 0.6 is 34.8 Å². The Hall–Kier alpha value is -2.00. The number of nitrogens with zero attached hydrogens (tertiary/aromatic N) is 2. The zero-order valence-corrected chi connectivity index (χ0v) is 23.0. The number of benzene rings is 2. The normalized spacial score (nSPS) is 12.2. The molecule has 0 fully saturated rings. The van der Waals surface area contributed by atoms with Gasteiger partial charge in [-0.25, -0.2) is 8.42 Å². The van der Waals surface area contributed by atoms with Gasteiger partial charge in [0.25, 0.3) is 0 Å². The molecule has 192 valence electrons. The molecule has 0 aromatic heterocycles. The fraction of sp³-hybridized carbons (Fsp3) is 0.417. The third-order valence-corrected chi connectivity index (χ3v) is 7.34. The van der Waals surface area contributed by atoms with Gasteiger partial charge >= 0.3 is 0 Å². The van der Waals surface area contributed by atoms with E-state index in [1.807, 2.05) is 6.92 Å². The Morgan fingerprint density at radius 3 is 2.34 bits per heavy atom. The molecule has 2 aromatic rings. The van der Waals surface area contributed by atoms with Crippen LogP contribution in [0.5, 0.6) is 0 Å². The molecule has 11 heteroatoms. The van der Waals surface area contributed by atoms with Crippen molar-refractivity contribution in [3.63, 3.8) is 0 Å². The van der Waals surface area contributed by atoms with Gasteiger partial charge < -0.3 is 10.2 Å². The average Bonchev–Trinajstić information content (AvgIpc) is 2.78. The lowest BCUT2D eigenvalue weighted by molar-refractivity contribution is -0.140. The number of nitrogens with one attached hydrogen (secondary N) is 1. The minimum Gasteiger partial charge on any atom is -0.354 e. The standard InChI is InChI=1S/C24H30Cl3N3O4S/c1-4-12-28-24(32)17(2)29(16-18-10-11-20(26)15-22(18)27)23(31)9-6-13-30(35(3,33)34)21-8-5-7-19(25)14-21/h5,7-8,10-11,14-15,17H,4,6,9,12-13,16H2,1-3H3,(H,28,32). The molecule has 35 heavy (non-hydrogen) atoms. The van der Waals surface area contributed by atoms with Gasteiger partial charge in [0.2, 0.25) is 21.8 Å². The topological polar surface area (TPSA) is 86.8 Å². The molecule has 0 radical (unpaired) electrons. The number of hydrogen-bond acceptors (Lipinski definition) is 4. The summed E-state index contributed by atoms with van der Waals surface area (Å²) in [6.45, 7) is 4.28. The average molecular weight is 563 g/mol. The molecule has 0 spiro atoms. The molecule has 0 heterocycles. The molecule has 0 bridgehead atoms. The van der Waals surface area contributed by atoms with Crippen molar-refractivity contribution in [1.29, 1.82) is 0 Å². The van der Waals surface area contributed by atoms with Crippen LogP contribution in [0.1, 0.15) is 38.7 Å². The maximum atomic E-state index is 13.3. The number of anilines is 1. The molecule has 1 unspecified atom stereocenters. The van der Waals surface area contributed by atoms with Crippen LogP contribution in [0, 0.1) is 0 Å². The molecular formula is C24H30Cl3N3O4S. The lowest BCUT2D eigenvalue weighted by Crippen LogP contribution is -2.48. The molecule has 0 saturated heterocycles. The van der Waals surface area contributed by atoms with Gasteiger partial charge in [-0.1, -0.05) is 53.9 Å². The number of hydrogen-bond donors (Lipinski definition) is 1. The van der Waals surface area contributed by atoms with Crippen molar-refractivity contribution in [2.45, 2.75) is 45.7 Å². The number of rotatable bonds is 12. The Kier molecular flexibility index (Phi) is 11.1. The molecule has 0 aliphatic rings. The van der Waals surface area contributed by atoms with Gasteiger partial charge in [-0.3, -0.25) is 13.9 Å². The van der Waals surface area contributed by atoms with Gasteiger partial charge in [-0.2, -0.15) is 0 Å². The summed E-state index contributed by atoms with van der Waals surface area (Å²) in [6.07, 6.45) is 2.14. The summed E-state index contributed by atoms with van der Waals surface area (Å²) in [7, 11) is -3.60. The maximum Gasteiger partial charge on any atom is 0.242 e. The van der Waals surface area contributed by atoms with Gasteiger partial charge in [0.1, 0.15) is 6.04 Å². The van der Waals surface area contributed by atoms with E-state index in [-0.39, 0.29) is 37.7 Å². The summed E-state index contributed by atoms with van der Waals surface area (Å²) in [5.74, 6) is -0.573. The predicted octanol–water partition coefficient (Wildman–Crippen LogP) is 5.14. The SMILES string of the molecule is CCCNC(=O)C(C)N(Cc1ccc(Cl)cc1Cl)C(=O)CCCN(c1cccc(Cl)c1)S(C)(=O)=O. The predicted molar refractivity (Wildman–Crippen MR) is 143 cm³/mol. The second-order valence-corrected chi connectivity index (χ2v) is 11.3. The Balaban J connectivity index is 2.19. The first-order valence-corrected chi connectivity index (χ1v) is 14.2. The molecular weight excluding hydrogens is 533 g/mol. The molecule has 0 aliphatic carbocycles. The van der Waals surface area contributed by atoms with E-state index in [0.29, 0.717) is 32.9 Å². The Morgan fingerprint density at radius 2 is 1.74 bits per heavy atom. The summed E-state index contributed by atoms with van der Waals surface area (Å²) in [4.78, 5) is 27.4. The van der Waals surface area contributed by atoms with Crippen LogP contribution < -0.4 is 9.62 Å². The number of sulfonamides is 1. The zero-order chi connectivity index (χ0) is 26.2. The highest BCUT2D eigenvalue weighted by atomic mass is 35.5. The van der Waals surface area contributed by atoms with E-state index in [1.54, 1.807) is 49.4 Å². The Labute approximate surface area is 222 Å². The Morgan fingerprint density at radius 1 is 1.06 bits per heavy atom. The van der Waals surface area contributed by atoms with Crippen LogP contribution in [0.2, 0.25) is 15.1 Å². The number of halogens is 3. The minimum atomic E-state index is -3.60. The van der Waals surface area contributed by atoms with Gasteiger partial charge in [-0.15, -0.1) is 0 Å². The summed E-state index contributed by atoms with van der Waals surface area (Å²) in [5.41, 5.74) is 1.07. The number of carbonyl (C=O) groups excluding carboxylic acids is 2. The van der Waals surface area contributed by atoms with Crippen LogP contribution in [0.25, 0.3) is 0 Å². The Bertz CT molecular complexity index is 1140. The largest absolute Gasteiger partial charge is 0.354 e. The third kappa shape index (κ3) is 8.86. The monoisotopic (exact) mass is 561 g/mol. The van der Waals surface area contributed by atoms with E-state index in [4.69, 9.17) is 34.8 Å². The van der Waals surface area contributed by atoms with E-state index >= 15 is 0 Å². The van der Waals surface area contributed by atoms with Crippen molar-refractivity contribution < 1.29 is 18.0 Å². The fourth-order valence-corrected chi connectivity index (χ4v) is 5.06. The summed E-state index contributed by atoms with van der Waals surface area (Å²) >= 11 is 18.3. The lowest BCUT2D eigenvalue weighted by atomic mass is 10.1. The quantitative estimate of drug-likeness (QED) is 0.388. The maximum absolute atomic E-state index is 13.3. The second kappa shape index (κ2) is 13.3. The molecule has 1 atom stereocenters. The van der Waals surface area contributed by atoms with Crippen molar-refractivity contribution >= 4 is 62.3 Å². The van der Waals surface area contributed by atoms with Crippen LogP contribution in [0.4, 0.5) is 5.69 Å². The van der Waals surface area contributed by atoms with Gasteiger partial charge in [0, 0.05) is 41.1 Å². The molecule has 0 aliphatic heterocycles. The molecule has 2 aromatic carbocycles. The molecule has 2 amide bonds. The second-order valence-electron chi connectivity index (χ2n) is 8.14. The van der Waals surface area contributed by atoms with Crippen LogP contribution in [0.15, 0.2) is 42.5 Å². The van der Waals surface area contributed by atoms with Crippen LogP contribution in [-0.4, -0.2) is 50.5 Å². The van der Waals surface area contributed by atoms with Gasteiger partial charge in [-0.05, 0) is 55.7 Å². The summed E-state index contributed by atoms with van der Waals surface area (Å²) in [5, 5.41) is 4.07. The number of carbonyl (C=O) groups is 2. The lowest BCUT2D eigenvalue weighted by Gasteiger charge is -2.29.